The van der Waals surface area contributed by atoms with Gasteiger partial charge in [-0.2, -0.15) is 0 Å². The molecule has 0 radical (unpaired) electrons. The van der Waals surface area contributed by atoms with E-state index in [2.05, 4.69) is 10.0 Å². The Kier molecular flexibility index (Phi) is 4.30. The number of ether oxygens (including phenoxy) is 2. The molecule has 0 fully saturated rings. The van der Waals surface area contributed by atoms with Gasteiger partial charge in [0.15, 0.2) is 6.61 Å². The van der Waals surface area contributed by atoms with Crippen LogP contribution in [0.25, 0.3) is 0 Å². The van der Waals surface area contributed by atoms with Crippen molar-refractivity contribution in [3.8, 4) is 11.5 Å². The second-order valence-electron chi connectivity index (χ2n) is 5.06. The SMILES string of the molecule is CCOc1ccc(S(=O)(=O)Nc2ccc3c(c2)NC(=O)CO3)cc1. The number of fused-ring (bicyclic) bond motifs is 1. The second kappa shape index (κ2) is 6.40. The lowest BCUT2D eigenvalue weighted by Crippen LogP contribution is -2.25. The van der Waals surface area contributed by atoms with Gasteiger partial charge in [0.2, 0.25) is 0 Å². The van der Waals surface area contributed by atoms with E-state index in [1.54, 1.807) is 24.3 Å². The first-order chi connectivity index (χ1) is 11.5. The third kappa shape index (κ3) is 3.43. The Morgan fingerprint density at radius 2 is 1.96 bits per heavy atom. The summed E-state index contributed by atoms with van der Waals surface area (Å²) in [7, 11) is -3.74. The Hall–Kier alpha value is -2.74. The van der Waals surface area contributed by atoms with E-state index < -0.39 is 10.0 Å². The predicted molar refractivity (Wildman–Crippen MR) is 89.0 cm³/mol. The Labute approximate surface area is 139 Å². The maximum atomic E-state index is 12.4. The van der Waals surface area contributed by atoms with Crippen LogP contribution in [-0.4, -0.2) is 27.5 Å². The van der Waals surface area contributed by atoms with E-state index in [-0.39, 0.29) is 17.4 Å². The third-order valence-electron chi connectivity index (χ3n) is 3.31. The van der Waals surface area contributed by atoms with E-state index in [4.69, 9.17) is 9.47 Å². The Morgan fingerprint density at radius 3 is 2.67 bits per heavy atom. The van der Waals surface area contributed by atoms with Crippen molar-refractivity contribution >= 4 is 27.3 Å². The van der Waals surface area contributed by atoms with Crippen molar-refractivity contribution in [1.29, 1.82) is 0 Å². The van der Waals surface area contributed by atoms with Gasteiger partial charge in [0.1, 0.15) is 11.5 Å². The number of nitrogens with one attached hydrogen (secondary N) is 2. The van der Waals surface area contributed by atoms with Crippen LogP contribution in [0, 0.1) is 0 Å². The molecule has 1 aliphatic rings. The normalized spacial score (nSPS) is 13.5. The molecule has 3 rings (SSSR count). The molecular weight excluding hydrogens is 332 g/mol. The highest BCUT2D eigenvalue weighted by molar-refractivity contribution is 7.92. The number of carbonyl (C=O) groups excluding carboxylic acids is 1. The van der Waals surface area contributed by atoms with E-state index in [0.717, 1.165) is 0 Å². The zero-order chi connectivity index (χ0) is 17.2. The molecule has 0 saturated carbocycles. The zero-order valence-electron chi connectivity index (χ0n) is 12.9. The summed E-state index contributed by atoms with van der Waals surface area (Å²) < 4.78 is 37.9. The zero-order valence-corrected chi connectivity index (χ0v) is 13.7. The summed E-state index contributed by atoms with van der Waals surface area (Å²) in [6.45, 7) is 2.31. The highest BCUT2D eigenvalue weighted by atomic mass is 32.2. The van der Waals surface area contributed by atoms with Crippen LogP contribution in [0.2, 0.25) is 0 Å². The minimum Gasteiger partial charge on any atom is -0.494 e. The Morgan fingerprint density at radius 1 is 1.21 bits per heavy atom. The second-order valence-corrected chi connectivity index (χ2v) is 6.74. The van der Waals surface area contributed by atoms with Gasteiger partial charge in [0.05, 0.1) is 22.9 Å². The fourth-order valence-electron chi connectivity index (χ4n) is 2.24. The number of carbonyl (C=O) groups is 1. The van der Waals surface area contributed by atoms with Crippen molar-refractivity contribution in [2.45, 2.75) is 11.8 Å². The molecule has 2 aromatic rings. The summed E-state index contributed by atoms with van der Waals surface area (Å²) in [5.74, 6) is 0.817. The molecule has 0 aromatic heterocycles. The molecule has 0 bridgehead atoms. The molecule has 2 aromatic carbocycles. The number of sulfonamides is 1. The summed E-state index contributed by atoms with van der Waals surface area (Å²) >= 11 is 0. The van der Waals surface area contributed by atoms with E-state index in [0.29, 0.717) is 29.5 Å². The predicted octanol–water partition coefficient (Wildman–Crippen LogP) is 2.22. The third-order valence-corrected chi connectivity index (χ3v) is 4.71. The molecule has 0 aliphatic carbocycles. The average Bonchev–Trinajstić information content (AvgIpc) is 2.55. The van der Waals surface area contributed by atoms with E-state index in [1.807, 2.05) is 6.92 Å². The van der Waals surface area contributed by atoms with Crippen molar-refractivity contribution in [2.24, 2.45) is 0 Å². The average molecular weight is 348 g/mol. The maximum absolute atomic E-state index is 12.4. The van der Waals surface area contributed by atoms with Crippen molar-refractivity contribution in [3.05, 3.63) is 42.5 Å². The molecule has 7 nitrogen and oxygen atoms in total. The topological polar surface area (TPSA) is 93.7 Å². The first kappa shape index (κ1) is 16.1. The van der Waals surface area contributed by atoms with Crippen LogP contribution in [0.15, 0.2) is 47.4 Å². The first-order valence-corrected chi connectivity index (χ1v) is 8.78. The highest BCUT2D eigenvalue weighted by Gasteiger charge is 2.19. The molecule has 1 amide bonds. The molecule has 0 saturated heterocycles. The van der Waals surface area contributed by atoms with Gasteiger partial charge in [-0.25, -0.2) is 8.42 Å². The number of rotatable bonds is 5. The van der Waals surface area contributed by atoms with Gasteiger partial charge in [-0.05, 0) is 49.4 Å². The van der Waals surface area contributed by atoms with Crippen LogP contribution in [-0.2, 0) is 14.8 Å². The van der Waals surface area contributed by atoms with Gasteiger partial charge in [0.25, 0.3) is 15.9 Å². The number of amides is 1. The summed E-state index contributed by atoms with van der Waals surface area (Å²) in [6.07, 6.45) is 0. The Bertz CT molecular complexity index is 863. The van der Waals surface area contributed by atoms with E-state index >= 15 is 0 Å². The summed E-state index contributed by atoms with van der Waals surface area (Å²) in [5, 5.41) is 2.63. The van der Waals surface area contributed by atoms with Crippen molar-refractivity contribution < 1.29 is 22.7 Å². The first-order valence-electron chi connectivity index (χ1n) is 7.30. The number of hydrogen-bond acceptors (Lipinski definition) is 5. The fourth-order valence-corrected chi connectivity index (χ4v) is 3.29. The standard InChI is InChI=1S/C16H16N2O5S/c1-2-22-12-4-6-13(7-5-12)24(20,21)18-11-3-8-15-14(9-11)17-16(19)10-23-15/h3-9,18H,2,10H2,1H3,(H,17,19). The van der Waals surface area contributed by atoms with Gasteiger partial charge >= 0.3 is 0 Å². The molecule has 8 heteroatoms. The monoisotopic (exact) mass is 348 g/mol. The van der Waals surface area contributed by atoms with Crippen LogP contribution in [0.1, 0.15) is 6.92 Å². The van der Waals surface area contributed by atoms with Gasteiger partial charge in [-0.15, -0.1) is 0 Å². The van der Waals surface area contributed by atoms with Crippen LogP contribution in [0.5, 0.6) is 11.5 Å². The minimum atomic E-state index is -3.74. The lowest BCUT2D eigenvalue weighted by molar-refractivity contribution is -0.118. The Balaban J connectivity index is 1.81. The molecule has 1 aliphatic heterocycles. The molecular formula is C16H16N2O5S. The molecule has 0 atom stereocenters. The van der Waals surface area contributed by atoms with Gasteiger partial charge in [0, 0.05) is 0 Å². The van der Waals surface area contributed by atoms with Crippen LogP contribution >= 0.6 is 0 Å². The fraction of sp³-hybridized carbons (Fsp3) is 0.188. The van der Waals surface area contributed by atoms with Crippen molar-refractivity contribution in [3.63, 3.8) is 0 Å². The molecule has 0 spiro atoms. The molecule has 24 heavy (non-hydrogen) atoms. The molecule has 126 valence electrons. The lowest BCUT2D eigenvalue weighted by atomic mass is 10.2. The number of benzene rings is 2. The highest BCUT2D eigenvalue weighted by Crippen LogP contribution is 2.31. The summed E-state index contributed by atoms with van der Waals surface area (Å²) in [4.78, 5) is 11.5. The van der Waals surface area contributed by atoms with Crippen LogP contribution in [0.3, 0.4) is 0 Å². The van der Waals surface area contributed by atoms with Gasteiger partial charge in [-0.3, -0.25) is 9.52 Å². The van der Waals surface area contributed by atoms with E-state index in [9.17, 15) is 13.2 Å². The van der Waals surface area contributed by atoms with Gasteiger partial charge in [-0.1, -0.05) is 0 Å². The minimum absolute atomic E-state index is 0.0513. The molecule has 0 unspecified atom stereocenters. The van der Waals surface area contributed by atoms with Crippen LogP contribution < -0.4 is 19.5 Å². The lowest BCUT2D eigenvalue weighted by Gasteiger charge is -2.19. The quantitative estimate of drug-likeness (QED) is 0.864. The number of anilines is 2. The molecule has 2 N–H and O–H groups in total. The van der Waals surface area contributed by atoms with Crippen molar-refractivity contribution in [1.82, 2.24) is 0 Å². The maximum Gasteiger partial charge on any atom is 0.262 e. The van der Waals surface area contributed by atoms with Crippen LogP contribution in [0.4, 0.5) is 11.4 Å². The van der Waals surface area contributed by atoms with Crippen molar-refractivity contribution in [2.75, 3.05) is 23.3 Å². The molecule has 1 heterocycles. The summed E-state index contributed by atoms with van der Waals surface area (Å²) in [5.41, 5.74) is 0.756. The van der Waals surface area contributed by atoms with E-state index in [1.165, 1.54) is 18.2 Å². The largest absolute Gasteiger partial charge is 0.494 e. The summed E-state index contributed by atoms with van der Waals surface area (Å²) in [6, 6.07) is 10.8. The van der Waals surface area contributed by atoms with Gasteiger partial charge < -0.3 is 14.8 Å². The number of hydrogen-bond donors (Lipinski definition) is 2. The smallest absolute Gasteiger partial charge is 0.262 e.